The molecular formula is C10H15N3O. The first-order chi connectivity index (χ1) is 6.61. The van der Waals surface area contributed by atoms with Crippen LogP contribution in [0.25, 0.3) is 0 Å². The first kappa shape index (κ1) is 10.8. The van der Waals surface area contributed by atoms with E-state index >= 15 is 0 Å². The van der Waals surface area contributed by atoms with Crippen LogP contribution < -0.4 is 5.73 Å². The topological polar surface area (TPSA) is 68.9 Å². The molecule has 4 heteroatoms. The van der Waals surface area contributed by atoms with Crippen LogP contribution >= 0.6 is 0 Å². The van der Waals surface area contributed by atoms with Gasteiger partial charge < -0.3 is 5.73 Å². The fourth-order valence-electron chi connectivity index (χ4n) is 1.23. The van der Waals surface area contributed by atoms with Gasteiger partial charge in [0, 0.05) is 12.4 Å². The summed E-state index contributed by atoms with van der Waals surface area (Å²) in [6.45, 7) is 4.06. The molecule has 1 aromatic rings. The van der Waals surface area contributed by atoms with E-state index in [2.05, 4.69) is 9.97 Å². The van der Waals surface area contributed by atoms with E-state index in [0.717, 1.165) is 0 Å². The number of hydrogen-bond acceptors (Lipinski definition) is 4. The molecule has 14 heavy (non-hydrogen) atoms. The van der Waals surface area contributed by atoms with E-state index in [4.69, 9.17) is 5.73 Å². The standard InChI is InChI=1S/C10H15N3O/c1-7(2)5-8(11)10(14)9-6-12-3-4-13-9/h3-4,6-8H,5,11H2,1-2H3. The second-order valence-corrected chi connectivity index (χ2v) is 3.69. The third-order valence-electron chi connectivity index (χ3n) is 1.88. The van der Waals surface area contributed by atoms with Crippen LogP contribution in [0.3, 0.4) is 0 Å². The predicted octanol–water partition coefficient (Wildman–Crippen LogP) is 1.03. The molecule has 0 bridgehead atoms. The van der Waals surface area contributed by atoms with Crippen molar-refractivity contribution in [2.24, 2.45) is 11.7 Å². The van der Waals surface area contributed by atoms with Gasteiger partial charge in [-0.15, -0.1) is 0 Å². The monoisotopic (exact) mass is 193 g/mol. The average molecular weight is 193 g/mol. The first-order valence-corrected chi connectivity index (χ1v) is 4.67. The van der Waals surface area contributed by atoms with Crippen molar-refractivity contribution in [3.63, 3.8) is 0 Å². The SMILES string of the molecule is CC(C)CC(N)C(=O)c1cnccn1. The molecule has 0 amide bonds. The smallest absolute Gasteiger partial charge is 0.199 e. The molecule has 1 heterocycles. The lowest BCUT2D eigenvalue weighted by Crippen LogP contribution is -2.32. The Morgan fingerprint density at radius 1 is 1.50 bits per heavy atom. The number of nitrogens with zero attached hydrogens (tertiary/aromatic N) is 2. The van der Waals surface area contributed by atoms with Crippen LogP contribution in [0, 0.1) is 5.92 Å². The molecule has 2 N–H and O–H groups in total. The Kier molecular flexibility index (Phi) is 3.71. The predicted molar refractivity (Wildman–Crippen MR) is 53.8 cm³/mol. The molecule has 0 saturated carbocycles. The summed E-state index contributed by atoms with van der Waals surface area (Å²) in [7, 11) is 0. The summed E-state index contributed by atoms with van der Waals surface area (Å²) in [4.78, 5) is 19.4. The molecule has 0 radical (unpaired) electrons. The third-order valence-corrected chi connectivity index (χ3v) is 1.88. The Hall–Kier alpha value is -1.29. The van der Waals surface area contributed by atoms with E-state index in [0.29, 0.717) is 18.0 Å². The Morgan fingerprint density at radius 3 is 2.71 bits per heavy atom. The lowest BCUT2D eigenvalue weighted by Gasteiger charge is -2.11. The van der Waals surface area contributed by atoms with E-state index < -0.39 is 6.04 Å². The summed E-state index contributed by atoms with van der Waals surface area (Å²) in [5, 5.41) is 0. The van der Waals surface area contributed by atoms with Gasteiger partial charge in [-0.3, -0.25) is 9.78 Å². The zero-order valence-electron chi connectivity index (χ0n) is 8.47. The number of ketones is 1. The minimum Gasteiger partial charge on any atom is -0.321 e. The van der Waals surface area contributed by atoms with Crippen LogP contribution in [0.1, 0.15) is 30.8 Å². The maximum absolute atomic E-state index is 11.7. The number of carbonyl (C=O) groups is 1. The Balaban J connectivity index is 2.66. The van der Waals surface area contributed by atoms with Crippen LogP contribution in [0.5, 0.6) is 0 Å². The fraction of sp³-hybridized carbons (Fsp3) is 0.500. The second kappa shape index (κ2) is 4.81. The highest BCUT2D eigenvalue weighted by Gasteiger charge is 2.17. The zero-order valence-corrected chi connectivity index (χ0v) is 8.47. The van der Waals surface area contributed by atoms with Gasteiger partial charge >= 0.3 is 0 Å². The lowest BCUT2D eigenvalue weighted by molar-refractivity contribution is 0.0945. The van der Waals surface area contributed by atoms with Crippen molar-refractivity contribution < 1.29 is 4.79 Å². The molecule has 0 spiro atoms. The Bertz CT molecular complexity index is 297. The van der Waals surface area contributed by atoms with Crippen molar-refractivity contribution in [3.05, 3.63) is 24.3 Å². The Labute approximate surface area is 83.6 Å². The highest BCUT2D eigenvalue weighted by atomic mass is 16.1. The fourth-order valence-corrected chi connectivity index (χ4v) is 1.23. The molecule has 0 fully saturated rings. The number of hydrogen-bond donors (Lipinski definition) is 1. The summed E-state index contributed by atoms with van der Waals surface area (Å²) in [5.74, 6) is 0.275. The van der Waals surface area contributed by atoms with Gasteiger partial charge in [-0.2, -0.15) is 0 Å². The summed E-state index contributed by atoms with van der Waals surface area (Å²) >= 11 is 0. The van der Waals surface area contributed by atoms with Gasteiger partial charge in [0.25, 0.3) is 0 Å². The molecule has 1 unspecified atom stereocenters. The molecule has 0 aliphatic rings. The minimum atomic E-state index is -0.466. The molecule has 1 atom stereocenters. The van der Waals surface area contributed by atoms with Gasteiger partial charge in [0.05, 0.1) is 12.2 Å². The third kappa shape index (κ3) is 2.88. The molecule has 0 aliphatic carbocycles. The zero-order chi connectivity index (χ0) is 10.6. The van der Waals surface area contributed by atoms with Gasteiger partial charge in [0.15, 0.2) is 5.78 Å². The number of aromatic nitrogens is 2. The van der Waals surface area contributed by atoms with Crippen molar-refractivity contribution in [3.8, 4) is 0 Å². The van der Waals surface area contributed by atoms with Gasteiger partial charge in [-0.05, 0) is 12.3 Å². The van der Waals surface area contributed by atoms with Gasteiger partial charge in [0.2, 0.25) is 0 Å². The van der Waals surface area contributed by atoms with Crippen molar-refractivity contribution in [2.75, 3.05) is 0 Å². The van der Waals surface area contributed by atoms with E-state index in [9.17, 15) is 4.79 Å². The van der Waals surface area contributed by atoms with Gasteiger partial charge in [-0.1, -0.05) is 13.8 Å². The van der Waals surface area contributed by atoms with E-state index in [1.54, 1.807) is 0 Å². The van der Waals surface area contributed by atoms with E-state index in [-0.39, 0.29) is 5.78 Å². The summed E-state index contributed by atoms with van der Waals surface area (Å²) in [5.41, 5.74) is 6.08. The van der Waals surface area contributed by atoms with Crippen LogP contribution in [-0.2, 0) is 0 Å². The average Bonchev–Trinajstić information content (AvgIpc) is 2.17. The highest BCUT2D eigenvalue weighted by Crippen LogP contribution is 2.06. The maximum atomic E-state index is 11.7. The lowest BCUT2D eigenvalue weighted by atomic mass is 10.00. The van der Waals surface area contributed by atoms with Gasteiger partial charge in [-0.25, -0.2) is 4.98 Å². The Morgan fingerprint density at radius 2 is 2.21 bits per heavy atom. The number of Topliss-reactive ketones (excluding diaryl/α,β-unsaturated/α-hetero) is 1. The number of nitrogens with two attached hydrogens (primary N) is 1. The molecule has 1 aromatic heterocycles. The molecule has 0 aromatic carbocycles. The molecule has 0 saturated heterocycles. The van der Waals surface area contributed by atoms with Crippen LogP contribution in [0.15, 0.2) is 18.6 Å². The van der Waals surface area contributed by atoms with Crippen molar-refractivity contribution in [2.45, 2.75) is 26.3 Å². The number of rotatable bonds is 4. The highest BCUT2D eigenvalue weighted by molar-refractivity contribution is 5.97. The summed E-state index contributed by atoms with van der Waals surface area (Å²) in [6.07, 6.45) is 5.15. The maximum Gasteiger partial charge on any atom is 0.199 e. The van der Waals surface area contributed by atoms with E-state index in [1.807, 2.05) is 13.8 Å². The number of carbonyl (C=O) groups excluding carboxylic acids is 1. The normalized spacial score (nSPS) is 12.9. The second-order valence-electron chi connectivity index (χ2n) is 3.69. The van der Waals surface area contributed by atoms with Crippen LogP contribution in [0.2, 0.25) is 0 Å². The largest absolute Gasteiger partial charge is 0.321 e. The molecule has 0 aliphatic heterocycles. The van der Waals surface area contributed by atoms with Crippen molar-refractivity contribution >= 4 is 5.78 Å². The van der Waals surface area contributed by atoms with Crippen molar-refractivity contribution in [1.82, 2.24) is 9.97 Å². The molecule has 1 rings (SSSR count). The summed E-state index contributed by atoms with van der Waals surface area (Å²) < 4.78 is 0. The van der Waals surface area contributed by atoms with Crippen molar-refractivity contribution in [1.29, 1.82) is 0 Å². The molecule has 76 valence electrons. The van der Waals surface area contributed by atoms with Crippen LogP contribution in [-0.4, -0.2) is 21.8 Å². The van der Waals surface area contributed by atoms with Crippen LogP contribution in [0.4, 0.5) is 0 Å². The quantitative estimate of drug-likeness (QED) is 0.725. The first-order valence-electron chi connectivity index (χ1n) is 4.67. The molecule has 4 nitrogen and oxygen atoms in total. The minimum absolute atomic E-state index is 0.133. The summed E-state index contributed by atoms with van der Waals surface area (Å²) in [6, 6.07) is -0.466. The molecular weight excluding hydrogens is 178 g/mol. The van der Waals surface area contributed by atoms with E-state index in [1.165, 1.54) is 18.6 Å². The van der Waals surface area contributed by atoms with Gasteiger partial charge in [0.1, 0.15) is 5.69 Å².